The summed E-state index contributed by atoms with van der Waals surface area (Å²) >= 11 is 0. The lowest BCUT2D eigenvalue weighted by Gasteiger charge is -2.26. The van der Waals surface area contributed by atoms with Crippen LogP contribution in [0.3, 0.4) is 0 Å². The summed E-state index contributed by atoms with van der Waals surface area (Å²) in [4.78, 5) is 39.2. The zero-order valence-electron chi connectivity index (χ0n) is 23.9. The van der Waals surface area contributed by atoms with Crippen molar-refractivity contribution in [2.24, 2.45) is 0 Å². The maximum atomic E-state index is 13.2. The highest BCUT2D eigenvalue weighted by Gasteiger charge is 2.29. The molecule has 0 saturated carbocycles. The van der Waals surface area contributed by atoms with Crippen LogP contribution in [0.2, 0.25) is 0 Å². The molecule has 0 bridgehead atoms. The third-order valence-electron chi connectivity index (χ3n) is 7.49. The molecule has 9 nitrogen and oxygen atoms in total. The predicted molar refractivity (Wildman–Crippen MR) is 161 cm³/mol. The van der Waals surface area contributed by atoms with Crippen LogP contribution in [0.4, 0.5) is 0 Å². The van der Waals surface area contributed by atoms with E-state index in [0.717, 1.165) is 19.4 Å². The van der Waals surface area contributed by atoms with E-state index in [1.165, 1.54) is 49.6 Å². The molecule has 1 saturated heterocycles. The standard InChI is InChI=1S/C32H36N2O7.ClH/c1-4-19(2)24-16-22(11-13-27(24)35)31(38)34-26-18-33-15-5-6-29(26)41-32(39)21-9-7-20(8-10-21)30(37)25-17-23(40-3)12-14-28(25)36;/h7-14,16-17,19,26,29,33,35-36H,4-6,15,18H2,1-3H3,(H,34,38);1H/t19?,26-,29-;/m1./s1. The highest BCUT2D eigenvalue weighted by Crippen LogP contribution is 2.29. The number of carbonyl (C=O) groups is 3. The van der Waals surface area contributed by atoms with Gasteiger partial charge in [0.1, 0.15) is 23.4 Å². The molecular weight excluding hydrogens is 560 g/mol. The maximum Gasteiger partial charge on any atom is 0.338 e. The summed E-state index contributed by atoms with van der Waals surface area (Å²) in [6.45, 7) is 5.17. The Morgan fingerprint density at radius 3 is 2.33 bits per heavy atom. The van der Waals surface area contributed by atoms with Crippen molar-refractivity contribution in [2.75, 3.05) is 20.2 Å². The monoisotopic (exact) mass is 596 g/mol. The topological polar surface area (TPSA) is 134 Å². The molecule has 1 aliphatic rings. The average Bonchev–Trinajstić information content (AvgIpc) is 3.21. The van der Waals surface area contributed by atoms with E-state index in [1.54, 1.807) is 18.2 Å². The fourth-order valence-corrected chi connectivity index (χ4v) is 4.81. The van der Waals surface area contributed by atoms with Crippen LogP contribution >= 0.6 is 12.4 Å². The molecule has 224 valence electrons. The number of carbonyl (C=O) groups excluding carboxylic acids is 3. The number of rotatable bonds is 9. The molecule has 3 aromatic carbocycles. The smallest absolute Gasteiger partial charge is 0.338 e. The second-order valence-corrected chi connectivity index (χ2v) is 10.2. The molecule has 0 aliphatic carbocycles. The van der Waals surface area contributed by atoms with Gasteiger partial charge in [0, 0.05) is 17.7 Å². The van der Waals surface area contributed by atoms with Crippen molar-refractivity contribution in [1.29, 1.82) is 0 Å². The number of benzene rings is 3. The zero-order chi connectivity index (χ0) is 29.5. The summed E-state index contributed by atoms with van der Waals surface area (Å²) in [5.74, 6) is -0.767. The molecule has 0 spiro atoms. The van der Waals surface area contributed by atoms with E-state index in [1.807, 2.05) is 13.8 Å². The number of ether oxygens (including phenoxy) is 2. The first-order valence-electron chi connectivity index (χ1n) is 13.8. The second kappa shape index (κ2) is 14.7. The van der Waals surface area contributed by atoms with Crippen LogP contribution in [0, 0.1) is 0 Å². The maximum absolute atomic E-state index is 13.2. The minimum absolute atomic E-state index is 0. The van der Waals surface area contributed by atoms with Crippen molar-refractivity contribution >= 4 is 30.1 Å². The molecular formula is C32H37ClN2O7. The Bertz CT molecular complexity index is 1410. The Morgan fingerprint density at radius 2 is 1.64 bits per heavy atom. The van der Waals surface area contributed by atoms with Crippen molar-refractivity contribution in [3.8, 4) is 17.2 Å². The number of hydrogen-bond acceptors (Lipinski definition) is 8. The Kier molecular flexibility index (Phi) is 11.4. The average molecular weight is 597 g/mol. The van der Waals surface area contributed by atoms with Gasteiger partial charge in [-0.3, -0.25) is 9.59 Å². The summed E-state index contributed by atoms with van der Waals surface area (Å²) in [6, 6.07) is 14.8. The number of ketones is 1. The van der Waals surface area contributed by atoms with Crippen molar-refractivity contribution in [2.45, 2.75) is 51.2 Å². The van der Waals surface area contributed by atoms with Gasteiger partial charge in [0.2, 0.25) is 0 Å². The van der Waals surface area contributed by atoms with Crippen LogP contribution in [-0.2, 0) is 4.74 Å². The van der Waals surface area contributed by atoms with Crippen LogP contribution < -0.4 is 15.4 Å². The number of hydrogen-bond donors (Lipinski definition) is 4. The molecule has 1 unspecified atom stereocenters. The lowest BCUT2D eigenvalue weighted by molar-refractivity contribution is 0.0192. The van der Waals surface area contributed by atoms with Crippen molar-refractivity contribution in [3.63, 3.8) is 0 Å². The van der Waals surface area contributed by atoms with Crippen molar-refractivity contribution in [3.05, 3.63) is 88.5 Å². The quantitative estimate of drug-likeness (QED) is 0.201. The fourth-order valence-electron chi connectivity index (χ4n) is 4.81. The minimum Gasteiger partial charge on any atom is -0.508 e. The first-order valence-corrected chi connectivity index (χ1v) is 13.8. The van der Waals surface area contributed by atoms with Gasteiger partial charge in [-0.25, -0.2) is 4.79 Å². The first kappa shape index (κ1) is 32.4. The molecule has 10 heteroatoms. The lowest BCUT2D eigenvalue weighted by Crippen LogP contribution is -2.49. The van der Waals surface area contributed by atoms with Gasteiger partial charge in [0.15, 0.2) is 5.78 Å². The predicted octanol–water partition coefficient (Wildman–Crippen LogP) is 4.98. The molecule has 4 rings (SSSR count). The number of phenolic OH excluding ortho intramolecular Hbond substituents is 2. The third-order valence-corrected chi connectivity index (χ3v) is 7.49. The van der Waals surface area contributed by atoms with E-state index < -0.39 is 23.9 Å². The summed E-state index contributed by atoms with van der Waals surface area (Å²) in [6.07, 6.45) is 1.58. The van der Waals surface area contributed by atoms with Crippen LogP contribution in [0.1, 0.15) is 81.2 Å². The Hall–Kier alpha value is -4.08. The largest absolute Gasteiger partial charge is 0.508 e. The molecule has 42 heavy (non-hydrogen) atoms. The summed E-state index contributed by atoms with van der Waals surface area (Å²) < 4.78 is 11.0. The highest BCUT2D eigenvalue weighted by molar-refractivity contribution is 6.11. The van der Waals surface area contributed by atoms with Gasteiger partial charge < -0.3 is 30.3 Å². The van der Waals surface area contributed by atoms with E-state index >= 15 is 0 Å². The van der Waals surface area contributed by atoms with Gasteiger partial charge in [-0.15, -0.1) is 12.4 Å². The van der Waals surface area contributed by atoms with Crippen LogP contribution in [0.15, 0.2) is 60.7 Å². The molecule has 3 aromatic rings. The van der Waals surface area contributed by atoms with E-state index in [4.69, 9.17) is 9.47 Å². The van der Waals surface area contributed by atoms with Crippen LogP contribution in [0.25, 0.3) is 0 Å². The Balaban J connectivity index is 0.00000484. The molecule has 0 radical (unpaired) electrons. The van der Waals surface area contributed by atoms with E-state index in [9.17, 15) is 24.6 Å². The number of methoxy groups -OCH3 is 1. The van der Waals surface area contributed by atoms with Gasteiger partial charge >= 0.3 is 5.97 Å². The normalized spacial score (nSPS) is 17.2. The minimum atomic E-state index is -0.567. The van der Waals surface area contributed by atoms with Gasteiger partial charge in [0.05, 0.1) is 24.3 Å². The molecule has 0 aromatic heterocycles. The molecule has 1 fully saturated rings. The summed E-state index contributed by atoms with van der Waals surface area (Å²) in [7, 11) is 1.47. The third kappa shape index (κ3) is 7.60. The van der Waals surface area contributed by atoms with Crippen LogP contribution in [-0.4, -0.2) is 60.2 Å². The SMILES string of the molecule is CCC(C)c1cc(C(=O)N[C@@H]2CNCCC[C@H]2OC(=O)c2ccc(C(=O)c3cc(OC)ccc3O)cc2)ccc1O.Cl. The number of amides is 1. The van der Waals surface area contributed by atoms with E-state index in [0.29, 0.717) is 35.4 Å². The van der Waals surface area contributed by atoms with Crippen molar-refractivity contribution in [1.82, 2.24) is 10.6 Å². The Labute approximate surface area is 251 Å². The number of nitrogens with one attached hydrogen (secondary N) is 2. The molecule has 1 amide bonds. The lowest BCUT2D eigenvalue weighted by atomic mass is 9.95. The van der Waals surface area contributed by atoms with Gasteiger partial charge in [0.25, 0.3) is 5.91 Å². The summed E-state index contributed by atoms with van der Waals surface area (Å²) in [5, 5.41) is 26.7. The van der Waals surface area contributed by atoms with E-state index in [-0.39, 0.29) is 46.9 Å². The highest BCUT2D eigenvalue weighted by atomic mass is 35.5. The molecule has 1 heterocycles. The van der Waals surface area contributed by atoms with Gasteiger partial charge in [-0.2, -0.15) is 0 Å². The van der Waals surface area contributed by atoms with Crippen LogP contribution in [0.5, 0.6) is 17.2 Å². The second-order valence-electron chi connectivity index (χ2n) is 10.2. The van der Waals surface area contributed by atoms with E-state index in [2.05, 4.69) is 10.6 Å². The van der Waals surface area contributed by atoms with Gasteiger partial charge in [-0.1, -0.05) is 26.0 Å². The molecule has 4 N–H and O–H groups in total. The molecule has 3 atom stereocenters. The fraction of sp³-hybridized carbons (Fsp3) is 0.344. The Morgan fingerprint density at radius 1 is 0.976 bits per heavy atom. The first-order chi connectivity index (χ1) is 19.7. The van der Waals surface area contributed by atoms with Gasteiger partial charge in [-0.05, 0) is 85.8 Å². The number of esters is 1. The summed E-state index contributed by atoms with van der Waals surface area (Å²) in [5.41, 5.74) is 1.78. The van der Waals surface area contributed by atoms with Crippen molar-refractivity contribution < 1.29 is 34.1 Å². The molecule has 1 aliphatic heterocycles. The number of aromatic hydroxyl groups is 2. The zero-order valence-corrected chi connectivity index (χ0v) is 24.7. The number of halogens is 1. The number of phenols is 2.